The number of benzene rings is 1. The van der Waals surface area contributed by atoms with Gasteiger partial charge in [-0.05, 0) is 24.1 Å². The molecule has 0 aliphatic heterocycles. The zero-order valence-electron chi connectivity index (χ0n) is 13.2. The third kappa shape index (κ3) is 3.37. The number of methoxy groups -OCH3 is 2. The Morgan fingerprint density at radius 2 is 2.00 bits per heavy atom. The van der Waals surface area contributed by atoms with Gasteiger partial charge in [-0.2, -0.15) is 5.26 Å². The van der Waals surface area contributed by atoms with Gasteiger partial charge < -0.3 is 9.47 Å². The van der Waals surface area contributed by atoms with Crippen LogP contribution < -0.4 is 9.47 Å². The van der Waals surface area contributed by atoms with Crippen molar-refractivity contribution in [1.82, 2.24) is 15.0 Å². The lowest BCUT2D eigenvalue weighted by atomic mass is 10.1. The molecule has 0 fully saturated rings. The van der Waals surface area contributed by atoms with E-state index in [1.165, 1.54) is 0 Å². The molecule has 22 heavy (non-hydrogen) atoms. The maximum Gasteiger partial charge on any atom is 0.186 e. The van der Waals surface area contributed by atoms with Gasteiger partial charge in [0.25, 0.3) is 0 Å². The molecule has 0 unspecified atom stereocenters. The van der Waals surface area contributed by atoms with Gasteiger partial charge in [-0.25, -0.2) is 4.68 Å². The van der Waals surface area contributed by atoms with Crippen LogP contribution in [0.3, 0.4) is 0 Å². The molecule has 0 spiro atoms. The van der Waals surface area contributed by atoms with Gasteiger partial charge in [0.05, 0.1) is 19.9 Å². The normalized spacial score (nSPS) is 10.3. The van der Waals surface area contributed by atoms with Gasteiger partial charge in [0.2, 0.25) is 0 Å². The van der Waals surface area contributed by atoms with E-state index in [2.05, 4.69) is 23.3 Å². The van der Waals surface area contributed by atoms with Crippen LogP contribution in [0.2, 0.25) is 0 Å². The zero-order chi connectivity index (χ0) is 15.9. The molecule has 116 valence electrons. The van der Waals surface area contributed by atoms with Crippen LogP contribution in [0, 0.1) is 11.3 Å². The first-order valence-electron chi connectivity index (χ1n) is 7.26. The predicted octanol–water partition coefficient (Wildman–Crippen LogP) is 2.56. The maximum absolute atomic E-state index is 9.21. The molecule has 6 heteroatoms. The number of ether oxygens (including phenoxy) is 2. The van der Waals surface area contributed by atoms with Crippen molar-refractivity contribution in [3.05, 3.63) is 35.2 Å². The summed E-state index contributed by atoms with van der Waals surface area (Å²) >= 11 is 0. The van der Waals surface area contributed by atoms with Crippen molar-refractivity contribution in [1.29, 1.82) is 5.26 Å². The monoisotopic (exact) mass is 300 g/mol. The fraction of sp³-hybridized carbons (Fsp3) is 0.438. The molecule has 0 saturated carbocycles. The molecular formula is C16H20N4O2. The molecule has 0 N–H and O–H groups in total. The molecule has 0 atom stereocenters. The van der Waals surface area contributed by atoms with E-state index in [1.54, 1.807) is 14.2 Å². The van der Waals surface area contributed by atoms with Crippen LogP contribution in [-0.4, -0.2) is 29.2 Å². The quantitative estimate of drug-likeness (QED) is 0.785. The summed E-state index contributed by atoms with van der Waals surface area (Å²) < 4.78 is 12.4. The topological polar surface area (TPSA) is 73.0 Å². The molecule has 0 aliphatic rings. The van der Waals surface area contributed by atoms with Crippen LogP contribution in [0.15, 0.2) is 18.2 Å². The van der Waals surface area contributed by atoms with E-state index in [4.69, 9.17) is 9.47 Å². The van der Waals surface area contributed by atoms with E-state index in [0.29, 0.717) is 23.6 Å². The van der Waals surface area contributed by atoms with Gasteiger partial charge in [-0.1, -0.05) is 24.6 Å². The van der Waals surface area contributed by atoms with Crippen LogP contribution in [0.5, 0.6) is 11.5 Å². The summed E-state index contributed by atoms with van der Waals surface area (Å²) in [6.45, 7) is 2.89. The highest BCUT2D eigenvalue weighted by molar-refractivity contribution is 5.44. The summed E-state index contributed by atoms with van der Waals surface area (Å²) in [6.07, 6.45) is 2.66. The van der Waals surface area contributed by atoms with Crippen molar-refractivity contribution >= 4 is 0 Å². The Morgan fingerprint density at radius 1 is 1.23 bits per heavy atom. The molecule has 2 rings (SSSR count). The maximum atomic E-state index is 9.21. The van der Waals surface area contributed by atoms with E-state index in [0.717, 1.165) is 30.6 Å². The first kappa shape index (κ1) is 15.8. The first-order valence-corrected chi connectivity index (χ1v) is 7.26. The lowest BCUT2D eigenvalue weighted by molar-refractivity contribution is 0.354. The molecule has 0 bridgehead atoms. The second kappa shape index (κ2) is 7.46. The van der Waals surface area contributed by atoms with Crippen LogP contribution >= 0.6 is 0 Å². The number of hydrogen-bond donors (Lipinski definition) is 0. The molecule has 1 heterocycles. The fourth-order valence-corrected chi connectivity index (χ4v) is 2.27. The molecule has 0 saturated heterocycles. The van der Waals surface area contributed by atoms with Crippen LogP contribution in [0.25, 0.3) is 0 Å². The average molecular weight is 300 g/mol. The van der Waals surface area contributed by atoms with Gasteiger partial charge in [-0.3, -0.25) is 0 Å². The van der Waals surface area contributed by atoms with E-state index < -0.39 is 0 Å². The smallest absolute Gasteiger partial charge is 0.186 e. The number of aryl methyl sites for hydroxylation is 1. The third-order valence-electron chi connectivity index (χ3n) is 3.49. The minimum Gasteiger partial charge on any atom is -0.493 e. The molecule has 0 aliphatic carbocycles. The first-order chi connectivity index (χ1) is 10.7. The van der Waals surface area contributed by atoms with Gasteiger partial charge in [-0.15, -0.1) is 5.10 Å². The number of aromatic nitrogens is 3. The van der Waals surface area contributed by atoms with Crippen LogP contribution in [0.1, 0.15) is 36.7 Å². The Morgan fingerprint density at radius 3 is 2.64 bits per heavy atom. The number of nitrogens with zero attached hydrogens (tertiary/aromatic N) is 4. The molecule has 0 amide bonds. The Bertz CT molecular complexity index is 673. The van der Waals surface area contributed by atoms with Crippen LogP contribution in [0.4, 0.5) is 0 Å². The Kier molecular flexibility index (Phi) is 5.37. The molecule has 0 radical (unpaired) electrons. The minimum absolute atomic E-state index is 0.380. The second-order valence-corrected chi connectivity index (χ2v) is 4.94. The van der Waals surface area contributed by atoms with Gasteiger partial charge in [0.1, 0.15) is 6.07 Å². The molecule has 2 aromatic rings. The van der Waals surface area contributed by atoms with Gasteiger partial charge in [0.15, 0.2) is 17.2 Å². The Labute approximate surface area is 130 Å². The number of hydrogen-bond acceptors (Lipinski definition) is 5. The lowest BCUT2D eigenvalue weighted by Gasteiger charge is -2.10. The van der Waals surface area contributed by atoms with Crippen molar-refractivity contribution in [2.45, 2.75) is 32.7 Å². The minimum atomic E-state index is 0.380. The number of unbranched alkanes of at least 4 members (excludes halogenated alkanes) is 1. The predicted molar refractivity (Wildman–Crippen MR) is 82.0 cm³/mol. The largest absolute Gasteiger partial charge is 0.493 e. The summed E-state index contributed by atoms with van der Waals surface area (Å²) in [6, 6.07) is 7.85. The Balaban J connectivity index is 2.30. The number of nitriles is 1. The van der Waals surface area contributed by atoms with Crippen molar-refractivity contribution < 1.29 is 9.47 Å². The van der Waals surface area contributed by atoms with E-state index >= 15 is 0 Å². The van der Waals surface area contributed by atoms with E-state index in [1.807, 2.05) is 22.9 Å². The van der Waals surface area contributed by atoms with Gasteiger partial charge in [0, 0.05) is 13.0 Å². The third-order valence-corrected chi connectivity index (χ3v) is 3.49. The van der Waals surface area contributed by atoms with Crippen molar-refractivity contribution in [3.8, 4) is 17.6 Å². The van der Waals surface area contributed by atoms with Crippen molar-refractivity contribution in [2.75, 3.05) is 14.2 Å². The van der Waals surface area contributed by atoms with E-state index in [-0.39, 0.29) is 0 Å². The summed E-state index contributed by atoms with van der Waals surface area (Å²) in [5.41, 5.74) is 2.24. The SMILES string of the molecule is CCCCn1nnc(C#N)c1Cc1ccc(OC)c(OC)c1. The second-order valence-electron chi connectivity index (χ2n) is 4.94. The zero-order valence-corrected chi connectivity index (χ0v) is 13.2. The number of rotatable bonds is 7. The highest BCUT2D eigenvalue weighted by Gasteiger charge is 2.14. The summed E-state index contributed by atoms with van der Waals surface area (Å²) in [7, 11) is 3.21. The average Bonchev–Trinajstić information content (AvgIpc) is 2.94. The van der Waals surface area contributed by atoms with Crippen LogP contribution in [-0.2, 0) is 13.0 Å². The summed E-state index contributed by atoms with van der Waals surface area (Å²) in [4.78, 5) is 0. The standard InChI is InChI=1S/C16H20N4O2/c1-4-5-8-20-14(13(11-17)18-19-20)9-12-6-7-15(21-2)16(10-12)22-3/h6-7,10H,4-5,8-9H2,1-3H3. The highest BCUT2D eigenvalue weighted by atomic mass is 16.5. The molecule has 6 nitrogen and oxygen atoms in total. The fourth-order valence-electron chi connectivity index (χ4n) is 2.27. The molecule has 1 aromatic carbocycles. The van der Waals surface area contributed by atoms with E-state index in [9.17, 15) is 5.26 Å². The molecular weight excluding hydrogens is 280 g/mol. The Hall–Kier alpha value is -2.55. The highest BCUT2D eigenvalue weighted by Crippen LogP contribution is 2.28. The summed E-state index contributed by atoms with van der Waals surface area (Å²) in [5, 5.41) is 17.2. The molecule has 1 aromatic heterocycles. The van der Waals surface area contributed by atoms with Gasteiger partial charge >= 0.3 is 0 Å². The van der Waals surface area contributed by atoms with Crippen molar-refractivity contribution in [3.63, 3.8) is 0 Å². The summed E-state index contributed by atoms with van der Waals surface area (Å²) in [5.74, 6) is 1.36. The lowest BCUT2D eigenvalue weighted by Crippen LogP contribution is -2.07. The van der Waals surface area contributed by atoms with Crippen molar-refractivity contribution in [2.24, 2.45) is 0 Å².